The fourth-order valence-electron chi connectivity index (χ4n) is 2.63. The molecule has 2 aromatic heterocycles. The number of pyridine rings is 1. The van der Waals surface area contributed by atoms with Gasteiger partial charge in [0, 0.05) is 19.2 Å². The normalized spacial score (nSPS) is 21.4. The second kappa shape index (κ2) is 4.11. The number of rotatable bonds is 2. The van der Waals surface area contributed by atoms with Gasteiger partial charge < -0.3 is 4.90 Å². The third kappa shape index (κ3) is 2.05. The molecular formula is C13H18N4. The highest BCUT2D eigenvalue weighted by atomic mass is 15.2. The molecule has 90 valence electrons. The van der Waals surface area contributed by atoms with Crippen LogP contribution in [0.15, 0.2) is 18.3 Å². The van der Waals surface area contributed by atoms with Crippen LogP contribution >= 0.6 is 0 Å². The molecule has 3 rings (SSSR count). The van der Waals surface area contributed by atoms with E-state index in [2.05, 4.69) is 45.7 Å². The van der Waals surface area contributed by atoms with Crippen LogP contribution in [0.1, 0.15) is 17.8 Å². The Morgan fingerprint density at radius 2 is 2.24 bits per heavy atom. The van der Waals surface area contributed by atoms with Gasteiger partial charge in [-0.05, 0) is 44.5 Å². The summed E-state index contributed by atoms with van der Waals surface area (Å²) in [5.41, 5.74) is 2.21. The summed E-state index contributed by atoms with van der Waals surface area (Å²) in [7, 11) is 2.19. The maximum absolute atomic E-state index is 4.32. The monoisotopic (exact) mass is 230 g/mol. The summed E-state index contributed by atoms with van der Waals surface area (Å²) in [4.78, 5) is 2.39. The van der Waals surface area contributed by atoms with E-state index in [0.717, 1.165) is 23.8 Å². The minimum absolute atomic E-state index is 0.730. The summed E-state index contributed by atoms with van der Waals surface area (Å²) in [6.45, 7) is 4.49. The van der Waals surface area contributed by atoms with E-state index < -0.39 is 0 Å². The molecule has 1 saturated heterocycles. The van der Waals surface area contributed by atoms with Crippen molar-refractivity contribution in [1.82, 2.24) is 19.5 Å². The smallest absolute Gasteiger partial charge is 0.160 e. The van der Waals surface area contributed by atoms with Gasteiger partial charge in [-0.2, -0.15) is 0 Å². The van der Waals surface area contributed by atoms with E-state index >= 15 is 0 Å². The number of aryl methyl sites for hydroxylation is 1. The van der Waals surface area contributed by atoms with Gasteiger partial charge in [0.1, 0.15) is 5.82 Å². The number of hydrogen-bond donors (Lipinski definition) is 0. The molecule has 0 saturated carbocycles. The number of aromatic nitrogens is 3. The summed E-state index contributed by atoms with van der Waals surface area (Å²) < 4.78 is 2.13. The minimum atomic E-state index is 0.730. The van der Waals surface area contributed by atoms with E-state index in [4.69, 9.17) is 0 Å². The molecule has 17 heavy (non-hydrogen) atoms. The van der Waals surface area contributed by atoms with Crippen LogP contribution in [0.3, 0.4) is 0 Å². The van der Waals surface area contributed by atoms with Crippen LogP contribution in [0.5, 0.6) is 0 Å². The third-order valence-electron chi connectivity index (χ3n) is 3.58. The zero-order valence-electron chi connectivity index (χ0n) is 10.4. The second-order valence-electron chi connectivity index (χ2n) is 5.17. The van der Waals surface area contributed by atoms with E-state index in [-0.39, 0.29) is 0 Å². The predicted molar refractivity (Wildman–Crippen MR) is 67.0 cm³/mol. The quantitative estimate of drug-likeness (QED) is 0.784. The van der Waals surface area contributed by atoms with Crippen molar-refractivity contribution in [2.75, 3.05) is 20.1 Å². The topological polar surface area (TPSA) is 33.4 Å². The first-order chi connectivity index (χ1) is 8.22. The van der Waals surface area contributed by atoms with Crippen molar-refractivity contribution >= 4 is 5.65 Å². The summed E-state index contributed by atoms with van der Waals surface area (Å²) in [6, 6.07) is 4.11. The maximum Gasteiger partial charge on any atom is 0.160 e. The highest BCUT2D eigenvalue weighted by molar-refractivity contribution is 5.39. The number of hydrogen-bond acceptors (Lipinski definition) is 3. The molecule has 1 aliphatic heterocycles. The van der Waals surface area contributed by atoms with Crippen LogP contribution < -0.4 is 0 Å². The lowest BCUT2D eigenvalue weighted by molar-refractivity contribution is 0.392. The van der Waals surface area contributed by atoms with Crippen molar-refractivity contribution in [3.63, 3.8) is 0 Å². The van der Waals surface area contributed by atoms with E-state index in [9.17, 15) is 0 Å². The van der Waals surface area contributed by atoms with Crippen molar-refractivity contribution < 1.29 is 0 Å². The predicted octanol–water partition coefficient (Wildman–Crippen LogP) is 1.53. The first-order valence-electron chi connectivity index (χ1n) is 6.21. The molecule has 3 heterocycles. The Labute approximate surface area is 101 Å². The molecular weight excluding hydrogens is 212 g/mol. The lowest BCUT2D eigenvalue weighted by Gasteiger charge is -2.09. The van der Waals surface area contributed by atoms with Crippen LogP contribution in [0.2, 0.25) is 0 Å². The molecule has 0 aromatic carbocycles. The minimum Gasteiger partial charge on any atom is -0.306 e. The van der Waals surface area contributed by atoms with Crippen LogP contribution in [0, 0.1) is 12.8 Å². The number of likely N-dealkylation sites (tertiary alicyclic amines) is 1. The van der Waals surface area contributed by atoms with Gasteiger partial charge in [0.25, 0.3) is 0 Å². The van der Waals surface area contributed by atoms with Crippen LogP contribution in [0.4, 0.5) is 0 Å². The summed E-state index contributed by atoms with van der Waals surface area (Å²) in [5.74, 6) is 1.83. The molecule has 1 aliphatic rings. The first kappa shape index (κ1) is 10.7. The Kier molecular flexibility index (Phi) is 2.59. The second-order valence-corrected chi connectivity index (χ2v) is 5.17. The van der Waals surface area contributed by atoms with Gasteiger partial charge in [-0.25, -0.2) is 0 Å². The molecule has 0 amide bonds. The van der Waals surface area contributed by atoms with E-state index in [0.29, 0.717) is 0 Å². The van der Waals surface area contributed by atoms with Gasteiger partial charge in [-0.3, -0.25) is 4.40 Å². The van der Waals surface area contributed by atoms with Gasteiger partial charge in [0.2, 0.25) is 0 Å². The van der Waals surface area contributed by atoms with Crippen molar-refractivity contribution in [2.24, 2.45) is 5.92 Å². The fraction of sp³-hybridized carbons (Fsp3) is 0.538. The molecule has 4 nitrogen and oxygen atoms in total. The molecule has 0 N–H and O–H groups in total. The van der Waals surface area contributed by atoms with Crippen LogP contribution in [-0.4, -0.2) is 39.6 Å². The summed E-state index contributed by atoms with van der Waals surface area (Å²) >= 11 is 0. The van der Waals surface area contributed by atoms with E-state index in [1.807, 2.05) is 6.07 Å². The molecule has 0 spiro atoms. The number of nitrogens with zero attached hydrogens (tertiary/aromatic N) is 4. The third-order valence-corrected chi connectivity index (χ3v) is 3.58. The first-order valence-corrected chi connectivity index (χ1v) is 6.21. The van der Waals surface area contributed by atoms with E-state index in [1.54, 1.807) is 0 Å². The Balaban J connectivity index is 1.87. The lowest BCUT2D eigenvalue weighted by atomic mass is 10.0. The molecule has 2 aromatic rings. The Bertz CT molecular complexity index is 531. The van der Waals surface area contributed by atoms with Crippen molar-refractivity contribution in [2.45, 2.75) is 19.8 Å². The molecule has 0 aliphatic carbocycles. The summed E-state index contributed by atoms with van der Waals surface area (Å²) in [6.07, 6.45) is 4.44. The van der Waals surface area contributed by atoms with Crippen LogP contribution in [0.25, 0.3) is 5.65 Å². The zero-order valence-corrected chi connectivity index (χ0v) is 10.4. The van der Waals surface area contributed by atoms with Gasteiger partial charge >= 0.3 is 0 Å². The Morgan fingerprint density at radius 1 is 1.35 bits per heavy atom. The van der Waals surface area contributed by atoms with Gasteiger partial charge in [0.15, 0.2) is 5.65 Å². The van der Waals surface area contributed by atoms with Gasteiger partial charge in [-0.15, -0.1) is 10.2 Å². The maximum atomic E-state index is 4.32. The van der Waals surface area contributed by atoms with Crippen LogP contribution in [-0.2, 0) is 6.42 Å². The molecule has 0 bridgehead atoms. The molecule has 1 atom stereocenters. The Morgan fingerprint density at radius 3 is 3.00 bits per heavy atom. The molecule has 0 radical (unpaired) electrons. The highest BCUT2D eigenvalue weighted by Gasteiger charge is 2.21. The lowest BCUT2D eigenvalue weighted by Crippen LogP contribution is -2.15. The van der Waals surface area contributed by atoms with Gasteiger partial charge in [0.05, 0.1) is 0 Å². The fourth-order valence-corrected chi connectivity index (χ4v) is 2.63. The van der Waals surface area contributed by atoms with Crippen molar-refractivity contribution in [3.05, 3.63) is 29.7 Å². The average Bonchev–Trinajstić information content (AvgIpc) is 2.87. The van der Waals surface area contributed by atoms with Gasteiger partial charge in [-0.1, -0.05) is 6.07 Å². The zero-order chi connectivity index (χ0) is 11.8. The number of fused-ring (bicyclic) bond motifs is 1. The Hall–Kier alpha value is -1.42. The van der Waals surface area contributed by atoms with E-state index in [1.165, 1.54) is 25.1 Å². The molecule has 4 heteroatoms. The highest BCUT2D eigenvalue weighted by Crippen LogP contribution is 2.19. The molecule has 1 fully saturated rings. The molecule has 1 unspecified atom stereocenters. The SMILES string of the molecule is Cc1ccc2nnc(CC3CCN(C)C3)n2c1. The average molecular weight is 230 g/mol. The van der Waals surface area contributed by atoms with Crippen molar-refractivity contribution in [3.8, 4) is 0 Å². The largest absolute Gasteiger partial charge is 0.306 e. The summed E-state index contributed by atoms with van der Waals surface area (Å²) in [5, 5.41) is 8.54. The standard InChI is InChI=1S/C13H18N4/c1-10-3-4-12-14-15-13(17(12)8-10)7-11-5-6-16(2)9-11/h3-4,8,11H,5-7,9H2,1-2H3. The van der Waals surface area contributed by atoms with Crippen molar-refractivity contribution in [1.29, 1.82) is 0 Å².